The molecule has 0 radical (unpaired) electrons. The first kappa shape index (κ1) is 15.4. The van der Waals surface area contributed by atoms with E-state index in [2.05, 4.69) is 15.9 Å². The number of furan rings is 1. The minimum atomic E-state index is -0.556. The Morgan fingerprint density at radius 2 is 1.95 bits per heavy atom. The molecule has 0 bridgehead atoms. The first-order valence-electron chi connectivity index (χ1n) is 6.14. The van der Waals surface area contributed by atoms with Gasteiger partial charge >= 0.3 is 5.88 Å². The van der Waals surface area contributed by atoms with E-state index < -0.39 is 4.92 Å². The highest BCUT2D eigenvalue weighted by Gasteiger charge is 2.18. The second-order valence-corrected chi connectivity index (χ2v) is 5.40. The van der Waals surface area contributed by atoms with Gasteiger partial charge in [0.25, 0.3) is 0 Å². The van der Waals surface area contributed by atoms with Gasteiger partial charge in [-0.1, -0.05) is 22.0 Å². The fraction of sp³-hybridized carbons (Fsp3) is 0.286. The molecular weight excluding hydrogens is 342 g/mol. The number of hydrogen-bond donors (Lipinski definition) is 0. The summed E-state index contributed by atoms with van der Waals surface area (Å²) in [6.45, 7) is 0. The van der Waals surface area contributed by atoms with E-state index in [-0.39, 0.29) is 10.7 Å². The second-order valence-electron chi connectivity index (χ2n) is 4.29. The van der Waals surface area contributed by atoms with Crippen LogP contribution in [-0.2, 0) is 6.42 Å². The Bertz CT molecular complexity index is 640. The maximum Gasteiger partial charge on any atom is 0.433 e. The lowest BCUT2D eigenvalue weighted by molar-refractivity contribution is -0.402. The molecule has 0 aliphatic heterocycles. The molecule has 21 heavy (non-hydrogen) atoms. The Balaban J connectivity index is 2.14. The van der Waals surface area contributed by atoms with Crippen LogP contribution in [0.25, 0.3) is 0 Å². The fourth-order valence-electron chi connectivity index (χ4n) is 1.92. The standard InChI is InChI=1S/C14H14BrNO5/c1-19-12-4-3-9(8-13(12)20-2)7-10(15)11-5-6-14(21-11)16(17)18/h3-6,8,10H,7H2,1-2H3. The molecule has 1 aromatic carbocycles. The second kappa shape index (κ2) is 6.62. The van der Waals surface area contributed by atoms with E-state index in [0.717, 1.165) is 5.56 Å². The largest absolute Gasteiger partial charge is 0.493 e. The van der Waals surface area contributed by atoms with Crippen molar-refractivity contribution in [2.24, 2.45) is 0 Å². The van der Waals surface area contributed by atoms with Crippen LogP contribution in [-0.4, -0.2) is 19.1 Å². The molecule has 1 aromatic heterocycles. The highest BCUT2D eigenvalue weighted by molar-refractivity contribution is 9.09. The summed E-state index contributed by atoms with van der Waals surface area (Å²) < 4.78 is 15.6. The Hall–Kier alpha value is -2.02. The molecular formula is C14H14BrNO5. The maximum atomic E-state index is 10.6. The van der Waals surface area contributed by atoms with Gasteiger partial charge in [0.2, 0.25) is 0 Å². The normalized spacial score (nSPS) is 12.0. The van der Waals surface area contributed by atoms with E-state index >= 15 is 0 Å². The third kappa shape index (κ3) is 3.55. The van der Waals surface area contributed by atoms with Gasteiger partial charge in [-0.2, -0.15) is 0 Å². The summed E-state index contributed by atoms with van der Waals surface area (Å²) in [4.78, 5) is 9.90. The van der Waals surface area contributed by atoms with Gasteiger partial charge in [0, 0.05) is 0 Å². The Morgan fingerprint density at radius 1 is 1.24 bits per heavy atom. The Kier molecular flexibility index (Phi) is 4.85. The van der Waals surface area contributed by atoms with Crippen LogP contribution in [0.1, 0.15) is 16.2 Å². The van der Waals surface area contributed by atoms with Crippen LogP contribution in [0.5, 0.6) is 11.5 Å². The number of alkyl halides is 1. The molecule has 0 aliphatic rings. The molecule has 0 amide bonds. The molecule has 112 valence electrons. The van der Waals surface area contributed by atoms with Gasteiger partial charge in [-0.25, -0.2) is 0 Å². The smallest absolute Gasteiger partial charge is 0.433 e. The third-order valence-electron chi connectivity index (χ3n) is 2.96. The van der Waals surface area contributed by atoms with Gasteiger partial charge in [-0.05, 0) is 30.2 Å². The zero-order valence-electron chi connectivity index (χ0n) is 11.5. The molecule has 6 nitrogen and oxygen atoms in total. The molecule has 1 unspecified atom stereocenters. The van der Waals surface area contributed by atoms with Gasteiger partial charge in [0.15, 0.2) is 11.5 Å². The SMILES string of the molecule is COc1ccc(CC(Br)c2ccc([N+](=O)[O-])o2)cc1OC. The average Bonchev–Trinajstić information content (AvgIpc) is 2.97. The molecule has 2 rings (SSSR count). The van der Waals surface area contributed by atoms with E-state index in [1.54, 1.807) is 20.3 Å². The molecule has 1 atom stereocenters. The number of ether oxygens (including phenoxy) is 2. The Morgan fingerprint density at radius 3 is 2.52 bits per heavy atom. The van der Waals surface area contributed by atoms with Crippen molar-refractivity contribution >= 4 is 21.8 Å². The topological polar surface area (TPSA) is 74.7 Å². The van der Waals surface area contributed by atoms with Crippen LogP contribution in [0.4, 0.5) is 5.88 Å². The van der Waals surface area contributed by atoms with E-state index in [0.29, 0.717) is 23.7 Å². The van der Waals surface area contributed by atoms with Crippen molar-refractivity contribution in [3.8, 4) is 11.5 Å². The van der Waals surface area contributed by atoms with Crippen LogP contribution in [0, 0.1) is 10.1 Å². The zero-order valence-corrected chi connectivity index (χ0v) is 13.1. The molecule has 0 N–H and O–H groups in total. The molecule has 2 aromatic rings. The minimum Gasteiger partial charge on any atom is -0.493 e. The number of nitro groups is 1. The van der Waals surface area contributed by atoms with Crippen LogP contribution in [0.2, 0.25) is 0 Å². The van der Waals surface area contributed by atoms with Gasteiger partial charge in [0.1, 0.15) is 10.7 Å². The molecule has 0 saturated heterocycles. The first-order valence-corrected chi connectivity index (χ1v) is 7.05. The van der Waals surface area contributed by atoms with Crippen molar-refractivity contribution in [2.45, 2.75) is 11.2 Å². The van der Waals surface area contributed by atoms with Crippen molar-refractivity contribution in [1.82, 2.24) is 0 Å². The molecule has 1 heterocycles. The van der Waals surface area contributed by atoms with E-state index in [4.69, 9.17) is 13.9 Å². The van der Waals surface area contributed by atoms with Gasteiger partial charge in [-0.3, -0.25) is 10.1 Å². The van der Waals surface area contributed by atoms with Gasteiger partial charge in [0.05, 0.1) is 25.1 Å². The van der Waals surface area contributed by atoms with Gasteiger partial charge in [-0.15, -0.1) is 0 Å². The molecule has 0 saturated carbocycles. The molecule has 0 spiro atoms. The predicted molar refractivity (Wildman–Crippen MR) is 80.3 cm³/mol. The quantitative estimate of drug-likeness (QED) is 0.446. The minimum absolute atomic E-state index is 0.163. The summed E-state index contributed by atoms with van der Waals surface area (Å²) >= 11 is 3.48. The fourth-order valence-corrected chi connectivity index (χ4v) is 2.54. The van der Waals surface area contributed by atoms with Crippen LogP contribution < -0.4 is 9.47 Å². The molecule has 7 heteroatoms. The Labute approximate surface area is 129 Å². The number of benzene rings is 1. The van der Waals surface area contributed by atoms with Crippen molar-refractivity contribution in [3.05, 3.63) is 51.8 Å². The lowest BCUT2D eigenvalue weighted by Gasteiger charge is -2.11. The van der Waals surface area contributed by atoms with Crippen LogP contribution >= 0.6 is 15.9 Å². The number of hydrogen-bond acceptors (Lipinski definition) is 5. The van der Waals surface area contributed by atoms with Crippen LogP contribution in [0.15, 0.2) is 34.7 Å². The van der Waals surface area contributed by atoms with E-state index in [1.807, 2.05) is 18.2 Å². The number of rotatable bonds is 6. The number of nitrogens with zero attached hydrogens (tertiary/aromatic N) is 1. The van der Waals surface area contributed by atoms with Crippen molar-refractivity contribution in [2.75, 3.05) is 14.2 Å². The summed E-state index contributed by atoms with van der Waals surface area (Å²) in [7, 11) is 3.15. The molecule has 0 fully saturated rings. The summed E-state index contributed by atoms with van der Waals surface area (Å²) in [6, 6.07) is 8.53. The van der Waals surface area contributed by atoms with Crippen molar-refractivity contribution in [1.29, 1.82) is 0 Å². The summed E-state index contributed by atoms with van der Waals surface area (Å²) in [5.41, 5.74) is 0.994. The predicted octanol–water partition coefficient (Wildman–Crippen LogP) is 3.88. The lowest BCUT2D eigenvalue weighted by Crippen LogP contribution is -1.96. The highest BCUT2D eigenvalue weighted by Crippen LogP contribution is 2.33. The number of halogens is 1. The van der Waals surface area contributed by atoms with Gasteiger partial charge < -0.3 is 13.9 Å². The van der Waals surface area contributed by atoms with Crippen LogP contribution in [0.3, 0.4) is 0 Å². The average molecular weight is 356 g/mol. The van der Waals surface area contributed by atoms with Crippen molar-refractivity contribution in [3.63, 3.8) is 0 Å². The monoisotopic (exact) mass is 355 g/mol. The van der Waals surface area contributed by atoms with Crippen molar-refractivity contribution < 1.29 is 18.8 Å². The number of methoxy groups -OCH3 is 2. The molecule has 0 aliphatic carbocycles. The lowest BCUT2D eigenvalue weighted by atomic mass is 10.1. The third-order valence-corrected chi connectivity index (χ3v) is 3.74. The van der Waals surface area contributed by atoms with E-state index in [1.165, 1.54) is 6.07 Å². The summed E-state index contributed by atoms with van der Waals surface area (Å²) in [5.74, 6) is 1.54. The zero-order chi connectivity index (χ0) is 15.4. The summed E-state index contributed by atoms with van der Waals surface area (Å²) in [5, 5.41) is 10.6. The maximum absolute atomic E-state index is 10.6. The van der Waals surface area contributed by atoms with E-state index in [9.17, 15) is 10.1 Å². The highest BCUT2D eigenvalue weighted by atomic mass is 79.9. The first-order chi connectivity index (χ1) is 10.0. The summed E-state index contributed by atoms with van der Waals surface area (Å²) in [6.07, 6.45) is 0.602.